The lowest BCUT2D eigenvalue weighted by molar-refractivity contribution is 0.491. The van der Waals surface area contributed by atoms with Gasteiger partial charge in [0.1, 0.15) is 11.5 Å². The summed E-state index contributed by atoms with van der Waals surface area (Å²) < 4.78 is 14.7. The summed E-state index contributed by atoms with van der Waals surface area (Å²) in [4.78, 5) is 0. The van der Waals surface area contributed by atoms with Crippen LogP contribution in [-0.2, 0) is 0 Å². The van der Waals surface area contributed by atoms with Gasteiger partial charge in [0.2, 0.25) is 0 Å². The molecule has 0 fully saturated rings. The van der Waals surface area contributed by atoms with Gasteiger partial charge in [-0.3, -0.25) is 0 Å². The average Bonchev–Trinajstić information content (AvgIpc) is 3.79. The van der Waals surface area contributed by atoms with Crippen molar-refractivity contribution in [1.29, 1.82) is 0 Å². The number of ether oxygens (including phenoxy) is 1. The molecule has 2 aliphatic rings. The average molecular weight is 615 g/mol. The van der Waals surface area contributed by atoms with E-state index in [1.165, 1.54) is 80.3 Å². The minimum Gasteiger partial charge on any atom is -0.456 e. The van der Waals surface area contributed by atoms with Crippen molar-refractivity contribution < 1.29 is 4.74 Å². The predicted molar refractivity (Wildman–Crippen MR) is 199 cm³/mol. The summed E-state index contributed by atoms with van der Waals surface area (Å²) in [5.74, 6) is 1.88. The summed E-state index contributed by atoms with van der Waals surface area (Å²) in [6, 6.07) is 51.0. The molecule has 0 amide bonds. The SMILES string of the molecule is c1ccc(-n2c3ccccc3c3ccc4c(c32)Oc2cccc3c2B4c2cc4c5ccccc5sc4c4c5ccccc5n-3c24)cc1. The van der Waals surface area contributed by atoms with Crippen molar-refractivity contribution >= 4 is 98.2 Å². The second-order valence-corrected chi connectivity index (χ2v) is 13.9. The molecule has 0 radical (unpaired) electrons. The van der Waals surface area contributed by atoms with Gasteiger partial charge in [0.15, 0.2) is 0 Å². The predicted octanol–water partition coefficient (Wildman–Crippen LogP) is 9.18. The van der Waals surface area contributed by atoms with E-state index in [9.17, 15) is 0 Å². The van der Waals surface area contributed by atoms with E-state index in [0.29, 0.717) is 0 Å². The van der Waals surface area contributed by atoms with Gasteiger partial charge in [-0.2, -0.15) is 0 Å². The van der Waals surface area contributed by atoms with E-state index in [1.807, 2.05) is 11.3 Å². The highest BCUT2D eigenvalue weighted by Gasteiger charge is 2.42. The number of rotatable bonds is 1. The largest absolute Gasteiger partial charge is 0.456 e. The maximum Gasteiger partial charge on any atom is 0.256 e. The lowest BCUT2D eigenvalue weighted by Crippen LogP contribution is -2.58. The van der Waals surface area contributed by atoms with Crippen LogP contribution >= 0.6 is 11.3 Å². The first-order valence-electron chi connectivity index (χ1n) is 16.1. The second kappa shape index (κ2) is 8.52. The summed E-state index contributed by atoms with van der Waals surface area (Å²) in [7, 11) is 0. The molecular formula is C42H23BN2OS. The van der Waals surface area contributed by atoms with Gasteiger partial charge in [-0.1, -0.05) is 97.1 Å². The van der Waals surface area contributed by atoms with Crippen LogP contribution in [-0.4, -0.2) is 15.8 Å². The van der Waals surface area contributed by atoms with Crippen LogP contribution in [0.15, 0.2) is 140 Å². The van der Waals surface area contributed by atoms with Gasteiger partial charge < -0.3 is 13.9 Å². The number of thiophene rings is 1. The monoisotopic (exact) mass is 614 g/mol. The number of fused-ring (bicyclic) bond motifs is 15. The third-order valence-corrected chi connectivity index (χ3v) is 11.8. The molecule has 0 bridgehead atoms. The fraction of sp³-hybridized carbons (Fsp3) is 0. The molecule has 5 heterocycles. The van der Waals surface area contributed by atoms with Crippen molar-refractivity contribution in [2.24, 2.45) is 0 Å². The van der Waals surface area contributed by atoms with Gasteiger partial charge in [-0.15, -0.1) is 11.3 Å². The highest BCUT2D eigenvalue weighted by molar-refractivity contribution is 7.27. The molecule has 0 saturated carbocycles. The zero-order valence-corrected chi connectivity index (χ0v) is 25.9. The van der Waals surface area contributed by atoms with E-state index in [2.05, 4.69) is 149 Å². The molecule has 0 saturated heterocycles. The molecule has 5 heteroatoms. The summed E-state index contributed by atoms with van der Waals surface area (Å²) in [6.45, 7) is 0.0268. The zero-order chi connectivity index (χ0) is 30.4. The summed E-state index contributed by atoms with van der Waals surface area (Å²) in [6.07, 6.45) is 0. The van der Waals surface area contributed by atoms with E-state index in [4.69, 9.17) is 4.74 Å². The first-order chi connectivity index (χ1) is 23.3. The van der Waals surface area contributed by atoms with Crippen LogP contribution in [0.1, 0.15) is 0 Å². The third kappa shape index (κ3) is 2.91. The topological polar surface area (TPSA) is 19.1 Å². The Kier molecular flexibility index (Phi) is 4.43. The molecule has 0 atom stereocenters. The van der Waals surface area contributed by atoms with Crippen molar-refractivity contribution in [3.8, 4) is 22.9 Å². The summed E-state index contributed by atoms with van der Waals surface area (Å²) in [5.41, 5.74) is 11.0. The maximum atomic E-state index is 7.14. The Balaban J connectivity index is 1.29. The van der Waals surface area contributed by atoms with Gasteiger partial charge in [0.05, 0.1) is 22.1 Å². The smallest absolute Gasteiger partial charge is 0.256 e. The van der Waals surface area contributed by atoms with Gasteiger partial charge in [-0.05, 0) is 58.9 Å². The maximum absolute atomic E-state index is 7.14. The Morgan fingerprint density at radius 1 is 0.532 bits per heavy atom. The Labute approximate surface area is 273 Å². The molecule has 12 rings (SSSR count). The molecule has 2 aliphatic heterocycles. The number of hydrogen-bond acceptors (Lipinski definition) is 2. The Morgan fingerprint density at radius 2 is 1.28 bits per heavy atom. The van der Waals surface area contributed by atoms with Gasteiger partial charge >= 0.3 is 0 Å². The number of hydrogen-bond donors (Lipinski definition) is 0. The van der Waals surface area contributed by atoms with Crippen molar-refractivity contribution in [2.45, 2.75) is 0 Å². The zero-order valence-electron chi connectivity index (χ0n) is 25.1. The van der Waals surface area contributed by atoms with Crippen molar-refractivity contribution in [2.75, 3.05) is 0 Å². The van der Waals surface area contributed by atoms with Crippen molar-refractivity contribution in [1.82, 2.24) is 9.13 Å². The number of aromatic nitrogens is 2. The number of nitrogens with zero attached hydrogens (tertiary/aromatic N) is 2. The molecule has 3 nitrogen and oxygen atoms in total. The van der Waals surface area contributed by atoms with Gasteiger partial charge in [-0.25, -0.2) is 0 Å². The molecule has 0 spiro atoms. The fourth-order valence-corrected chi connectivity index (χ4v) is 9.99. The first-order valence-corrected chi connectivity index (χ1v) is 17.0. The highest BCUT2D eigenvalue weighted by atomic mass is 32.1. The van der Waals surface area contributed by atoms with Crippen molar-refractivity contribution in [3.05, 3.63) is 140 Å². The van der Waals surface area contributed by atoms with Gasteiger partial charge in [0.25, 0.3) is 6.71 Å². The Hall–Kier alpha value is -5.78. The fourth-order valence-electron chi connectivity index (χ4n) is 8.75. The molecule has 47 heavy (non-hydrogen) atoms. The second-order valence-electron chi connectivity index (χ2n) is 12.8. The molecule has 216 valence electrons. The van der Waals surface area contributed by atoms with Crippen molar-refractivity contribution in [3.63, 3.8) is 0 Å². The van der Waals surface area contributed by atoms with Crippen LogP contribution in [0.5, 0.6) is 11.5 Å². The summed E-state index contributed by atoms with van der Waals surface area (Å²) in [5, 5.41) is 7.76. The number of para-hydroxylation sites is 3. The minimum atomic E-state index is 0.0268. The molecule has 10 aromatic rings. The van der Waals surface area contributed by atoms with Gasteiger partial charge in [0, 0.05) is 53.1 Å². The van der Waals surface area contributed by atoms with Crippen LogP contribution in [0.4, 0.5) is 0 Å². The first kappa shape index (κ1) is 24.5. The molecule has 7 aromatic carbocycles. The molecular weight excluding hydrogens is 591 g/mol. The van der Waals surface area contributed by atoms with Crippen LogP contribution in [0.25, 0.3) is 75.2 Å². The van der Waals surface area contributed by atoms with E-state index in [1.54, 1.807) is 0 Å². The molecule has 3 aromatic heterocycles. The van der Waals surface area contributed by atoms with Crippen LogP contribution in [0.2, 0.25) is 0 Å². The van der Waals surface area contributed by atoms with E-state index < -0.39 is 0 Å². The standard InChI is InChI=1S/C42H23BN2OS/c1-2-11-24(12-3-1)44-32-16-7-4-13-25(32)27-21-22-30-41(39(27)44)46-35-19-10-18-34-38(35)43(30)31-23-29-26-14-6-9-20-36(26)47-42(29)37-28-15-5-8-17-33(28)45(34)40(31)37/h1-23H. The van der Waals surface area contributed by atoms with Crippen LogP contribution in [0, 0.1) is 0 Å². The molecule has 0 N–H and O–H groups in total. The van der Waals surface area contributed by atoms with E-state index in [-0.39, 0.29) is 6.71 Å². The molecule has 0 aliphatic carbocycles. The van der Waals surface area contributed by atoms with Crippen LogP contribution < -0.4 is 21.1 Å². The quantitative estimate of drug-likeness (QED) is 0.169. The Bertz CT molecular complexity index is 3000. The number of benzene rings is 7. The van der Waals surface area contributed by atoms with Crippen LogP contribution in [0.3, 0.4) is 0 Å². The molecule has 0 unspecified atom stereocenters. The van der Waals surface area contributed by atoms with E-state index >= 15 is 0 Å². The third-order valence-electron chi connectivity index (χ3n) is 10.6. The Morgan fingerprint density at radius 3 is 2.15 bits per heavy atom. The lowest BCUT2D eigenvalue weighted by atomic mass is 9.34. The highest BCUT2D eigenvalue weighted by Crippen LogP contribution is 2.46. The minimum absolute atomic E-state index is 0.0268. The lowest BCUT2D eigenvalue weighted by Gasteiger charge is -2.33. The van der Waals surface area contributed by atoms with E-state index in [0.717, 1.165) is 22.7 Å². The summed E-state index contributed by atoms with van der Waals surface area (Å²) >= 11 is 1.92. The normalized spacial score (nSPS) is 13.2.